The number of hydrogen-bond donors (Lipinski definition) is 2. The van der Waals surface area contributed by atoms with Crippen LogP contribution in [-0.4, -0.2) is 11.1 Å². The van der Waals surface area contributed by atoms with Crippen LogP contribution in [0.25, 0.3) is 11.1 Å². The van der Waals surface area contributed by atoms with Crippen molar-refractivity contribution in [3.8, 4) is 16.9 Å². The predicted molar refractivity (Wildman–Crippen MR) is 107 cm³/mol. The van der Waals surface area contributed by atoms with Crippen LogP contribution in [0, 0.1) is 5.82 Å². The molecule has 0 saturated heterocycles. The molecule has 3 aromatic rings. The highest BCUT2D eigenvalue weighted by Crippen LogP contribution is 2.28. The first-order chi connectivity index (χ1) is 13.5. The monoisotopic (exact) mass is 379 g/mol. The number of para-hydroxylation sites is 1. The molecule has 0 amide bonds. The van der Waals surface area contributed by atoms with E-state index in [1.165, 1.54) is 0 Å². The van der Waals surface area contributed by atoms with Gasteiger partial charge in [-0.05, 0) is 30.2 Å². The highest BCUT2D eigenvalue weighted by atomic mass is 19.1. The van der Waals surface area contributed by atoms with Crippen LogP contribution >= 0.6 is 0 Å². The molecule has 0 aliphatic heterocycles. The number of rotatable bonds is 7. The molecule has 0 saturated carbocycles. The Morgan fingerprint density at radius 3 is 2.61 bits per heavy atom. The van der Waals surface area contributed by atoms with E-state index in [4.69, 9.17) is 15.6 Å². The van der Waals surface area contributed by atoms with Crippen LogP contribution in [0.4, 0.5) is 4.39 Å². The van der Waals surface area contributed by atoms with Gasteiger partial charge in [0.25, 0.3) is 0 Å². The van der Waals surface area contributed by atoms with E-state index in [1.807, 2.05) is 24.3 Å². The molecular weight excluding hydrogens is 357 g/mol. The van der Waals surface area contributed by atoms with Crippen LogP contribution in [0.2, 0.25) is 0 Å². The molecule has 28 heavy (non-hydrogen) atoms. The van der Waals surface area contributed by atoms with Gasteiger partial charge in [0.15, 0.2) is 0 Å². The third-order valence-electron chi connectivity index (χ3n) is 4.47. The van der Waals surface area contributed by atoms with Crippen LogP contribution in [-0.2, 0) is 17.8 Å². The summed E-state index contributed by atoms with van der Waals surface area (Å²) in [5.41, 5.74) is 9.02. The van der Waals surface area contributed by atoms with Crippen molar-refractivity contribution in [2.45, 2.75) is 26.0 Å². The van der Waals surface area contributed by atoms with Gasteiger partial charge in [-0.2, -0.15) is 0 Å². The van der Waals surface area contributed by atoms with E-state index in [9.17, 15) is 9.18 Å². The minimum Gasteiger partial charge on any atom is -0.489 e. The van der Waals surface area contributed by atoms with Gasteiger partial charge < -0.3 is 15.6 Å². The summed E-state index contributed by atoms with van der Waals surface area (Å²) in [4.78, 5) is 11.0. The van der Waals surface area contributed by atoms with Crippen LogP contribution in [0.15, 0.2) is 66.7 Å². The number of hydrogen-bond acceptors (Lipinski definition) is 3. The molecule has 0 aliphatic rings. The van der Waals surface area contributed by atoms with Crippen LogP contribution < -0.4 is 10.5 Å². The molecule has 4 nitrogen and oxygen atoms in total. The van der Waals surface area contributed by atoms with E-state index in [0.717, 1.165) is 11.1 Å². The second kappa shape index (κ2) is 8.67. The number of aliphatic carboxylic acids is 1. The molecule has 0 aliphatic carbocycles. The summed E-state index contributed by atoms with van der Waals surface area (Å²) in [5.74, 6) is -0.703. The van der Waals surface area contributed by atoms with Crippen molar-refractivity contribution in [3.63, 3.8) is 0 Å². The first-order valence-corrected chi connectivity index (χ1v) is 9.01. The van der Waals surface area contributed by atoms with Crippen molar-refractivity contribution in [2.24, 2.45) is 5.73 Å². The number of nitrogens with two attached hydrogens (primary N) is 1. The van der Waals surface area contributed by atoms with Gasteiger partial charge in [0.05, 0.1) is 6.42 Å². The average Bonchev–Trinajstić information content (AvgIpc) is 2.67. The summed E-state index contributed by atoms with van der Waals surface area (Å²) in [5, 5.41) is 9.03. The third kappa shape index (κ3) is 4.56. The first-order valence-electron chi connectivity index (χ1n) is 9.01. The molecule has 144 valence electrons. The zero-order valence-electron chi connectivity index (χ0n) is 15.6. The standard InChI is InChI=1S/C23H22FNO3/c1-15(25)19-9-5-10-20(23(19)24)17-8-4-6-16(12-17)14-28-21-11-3-2-7-18(21)13-22(26)27/h2-12,15H,13-14,25H2,1H3,(H,26,27)/t15-/m1/s1. The highest BCUT2D eigenvalue weighted by Gasteiger charge is 2.13. The summed E-state index contributed by atoms with van der Waals surface area (Å²) in [7, 11) is 0. The van der Waals surface area contributed by atoms with Gasteiger partial charge in [0.1, 0.15) is 18.2 Å². The van der Waals surface area contributed by atoms with Crippen LogP contribution in [0.5, 0.6) is 5.75 Å². The number of carbonyl (C=O) groups is 1. The molecule has 3 N–H and O–H groups in total. The van der Waals surface area contributed by atoms with Crippen molar-refractivity contribution in [1.29, 1.82) is 0 Å². The number of halogens is 1. The lowest BCUT2D eigenvalue weighted by Crippen LogP contribution is -2.08. The van der Waals surface area contributed by atoms with Gasteiger partial charge in [-0.25, -0.2) is 4.39 Å². The summed E-state index contributed by atoms with van der Waals surface area (Å²) in [6, 6.07) is 19.3. The molecule has 0 spiro atoms. The molecule has 0 unspecified atom stereocenters. The van der Waals surface area contributed by atoms with Gasteiger partial charge in [0.2, 0.25) is 0 Å². The fraction of sp³-hybridized carbons (Fsp3) is 0.174. The maximum absolute atomic E-state index is 14.8. The second-order valence-electron chi connectivity index (χ2n) is 6.66. The summed E-state index contributed by atoms with van der Waals surface area (Å²) < 4.78 is 20.6. The first kappa shape index (κ1) is 19.6. The Hall–Kier alpha value is -3.18. The molecule has 3 rings (SSSR count). The lowest BCUT2D eigenvalue weighted by molar-refractivity contribution is -0.136. The van der Waals surface area contributed by atoms with Crippen LogP contribution in [0.3, 0.4) is 0 Å². The summed E-state index contributed by atoms with van der Waals surface area (Å²) in [6.07, 6.45) is -0.106. The Balaban J connectivity index is 1.82. The fourth-order valence-electron chi connectivity index (χ4n) is 3.07. The quantitative estimate of drug-likeness (QED) is 0.623. The zero-order valence-corrected chi connectivity index (χ0v) is 15.6. The Morgan fingerprint density at radius 2 is 1.86 bits per heavy atom. The number of carboxylic acids is 1. The number of ether oxygens (including phenoxy) is 1. The van der Waals surface area contributed by atoms with Crippen molar-refractivity contribution in [3.05, 3.63) is 89.2 Å². The minimum absolute atomic E-state index is 0.106. The SMILES string of the molecule is C[C@@H](N)c1cccc(-c2cccc(COc3ccccc3CC(=O)O)c2)c1F. The molecule has 1 atom stereocenters. The van der Waals surface area contributed by atoms with Crippen molar-refractivity contribution in [2.75, 3.05) is 0 Å². The average molecular weight is 379 g/mol. The predicted octanol–water partition coefficient (Wildman–Crippen LogP) is 4.72. The Morgan fingerprint density at radius 1 is 1.11 bits per heavy atom. The molecule has 3 aromatic carbocycles. The molecule has 0 bridgehead atoms. The zero-order chi connectivity index (χ0) is 20.1. The highest BCUT2D eigenvalue weighted by molar-refractivity contribution is 5.71. The maximum atomic E-state index is 14.8. The van der Waals surface area contributed by atoms with Gasteiger partial charge in [-0.3, -0.25) is 4.79 Å². The molecule has 0 fully saturated rings. The molecule has 5 heteroatoms. The Labute approximate surface area is 163 Å². The van der Waals surface area contributed by atoms with Crippen molar-refractivity contribution >= 4 is 5.97 Å². The molecule has 0 aromatic heterocycles. The fourth-order valence-corrected chi connectivity index (χ4v) is 3.07. The van der Waals surface area contributed by atoms with E-state index >= 15 is 0 Å². The van der Waals surface area contributed by atoms with Gasteiger partial charge in [-0.15, -0.1) is 0 Å². The van der Waals surface area contributed by atoms with Crippen LogP contribution in [0.1, 0.15) is 29.7 Å². The van der Waals surface area contributed by atoms with Gasteiger partial charge in [-0.1, -0.05) is 54.6 Å². The third-order valence-corrected chi connectivity index (χ3v) is 4.47. The van der Waals surface area contributed by atoms with E-state index in [2.05, 4.69) is 0 Å². The van der Waals surface area contributed by atoms with Gasteiger partial charge in [0, 0.05) is 22.7 Å². The van der Waals surface area contributed by atoms with Crippen molar-refractivity contribution in [1.82, 2.24) is 0 Å². The normalized spacial score (nSPS) is 11.8. The number of benzene rings is 3. The van der Waals surface area contributed by atoms with Gasteiger partial charge >= 0.3 is 5.97 Å². The van der Waals surface area contributed by atoms with E-state index < -0.39 is 12.0 Å². The topological polar surface area (TPSA) is 72.5 Å². The van der Waals surface area contributed by atoms with E-state index in [0.29, 0.717) is 22.4 Å². The lowest BCUT2D eigenvalue weighted by atomic mass is 9.98. The Bertz CT molecular complexity index is 985. The van der Waals surface area contributed by atoms with E-state index in [1.54, 1.807) is 49.4 Å². The Kier molecular flexibility index (Phi) is 6.06. The van der Waals surface area contributed by atoms with Crippen molar-refractivity contribution < 1.29 is 19.0 Å². The minimum atomic E-state index is -0.914. The smallest absolute Gasteiger partial charge is 0.307 e. The summed E-state index contributed by atoms with van der Waals surface area (Å²) >= 11 is 0. The number of carboxylic acid groups (broad SMARTS) is 1. The van der Waals surface area contributed by atoms with E-state index in [-0.39, 0.29) is 18.8 Å². The molecule has 0 heterocycles. The summed E-state index contributed by atoms with van der Waals surface area (Å²) in [6.45, 7) is 2.00. The molecular formula is C23H22FNO3. The second-order valence-corrected chi connectivity index (χ2v) is 6.66. The largest absolute Gasteiger partial charge is 0.489 e. The lowest BCUT2D eigenvalue weighted by Gasteiger charge is -2.13. The maximum Gasteiger partial charge on any atom is 0.307 e. The molecule has 0 radical (unpaired) electrons.